The monoisotopic (exact) mass is 1020 g/mol. The summed E-state index contributed by atoms with van der Waals surface area (Å²) in [7, 11) is 4.86. The minimum Gasteiger partial charge on any atom is -0.461 e. The molecule has 3 saturated heterocycles. The summed E-state index contributed by atoms with van der Waals surface area (Å²) in [6.07, 6.45) is 14.0. The number of thioether (sulfide) groups is 1. The van der Waals surface area contributed by atoms with E-state index >= 15 is 0 Å². The van der Waals surface area contributed by atoms with E-state index in [2.05, 4.69) is 20.8 Å². The maximum atomic E-state index is 14.5. The lowest BCUT2D eigenvalue weighted by Gasteiger charge is -2.43. The first kappa shape index (κ1) is 58.8. The summed E-state index contributed by atoms with van der Waals surface area (Å²) in [4.78, 5) is 74.9. The van der Waals surface area contributed by atoms with Crippen molar-refractivity contribution in [2.45, 2.75) is 192 Å². The Morgan fingerprint density at radius 3 is 2.28 bits per heavy atom. The van der Waals surface area contributed by atoms with Gasteiger partial charge in [0.2, 0.25) is 5.79 Å². The van der Waals surface area contributed by atoms with Crippen LogP contribution in [0.5, 0.6) is 0 Å². The van der Waals surface area contributed by atoms with E-state index in [4.69, 9.17) is 18.9 Å². The molecule has 16 heteroatoms. The molecule has 5 rings (SSSR count). The van der Waals surface area contributed by atoms with Gasteiger partial charge in [-0.1, -0.05) is 77.5 Å². The van der Waals surface area contributed by atoms with Gasteiger partial charge in [0.05, 0.1) is 30.3 Å². The molecular formula is C55H89N3O12S. The number of Topliss-reactive ketones (excluding diaryl/α,β-unsaturated/α-hetero) is 2. The van der Waals surface area contributed by atoms with Gasteiger partial charge in [0.25, 0.3) is 11.7 Å². The molecule has 4 heterocycles. The Labute approximate surface area is 428 Å². The molecule has 0 aromatic rings. The zero-order valence-corrected chi connectivity index (χ0v) is 45.4. The van der Waals surface area contributed by atoms with Crippen LogP contribution in [0.1, 0.15) is 138 Å². The number of amides is 3. The van der Waals surface area contributed by atoms with E-state index in [9.17, 15) is 39.3 Å². The number of aliphatic hydroxyl groups is 3. The predicted molar refractivity (Wildman–Crippen MR) is 275 cm³/mol. The summed E-state index contributed by atoms with van der Waals surface area (Å²) in [6, 6.07) is -1.07. The van der Waals surface area contributed by atoms with Crippen LogP contribution in [0.25, 0.3) is 0 Å². The number of piperidine rings is 1. The lowest BCUT2D eigenvalue weighted by molar-refractivity contribution is -0.263. The van der Waals surface area contributed by atoms with Crippen molar-refractivity contribution < 1.29 is 58.2 Å². The SMILES string of the molecule is CO[C@@H]1C[C@H](C[C@@H](C)[C@@H]2CC[C@H](C)CC(C)[C@@H](O)[C@@H](OC)C(=O)[C@H](C)C[C@H](C)/C=C/C=C/C=C(\C)C(SCN3CCN(C)C3=O)C[C@@H]3CC[C@@H](C)[C@@](O)(O3)C(=O)C(=O)N3CCCC[C@H]3C(=O)O2)CC[C@H]1O. The van der Waals surface area contributed by atoms with Crippen LogP contribution in [0.3, 0.4) is 0 Å². The molecule has 0 aromatic heterocycles. The predicted octanol–water partition coefficient (Wildman–Crippen LogP) is 7.49. The summed E-state index contributed by atoms with van der Waals surface area (Å²) in [5.74, 6) is -5.80. The Morgan fingerprint density at radius 2 is 1.59 bits per heavy atom. The number of ether oxygens (including phenoxy) is 4. The second-order valence-corrected chi connectivity index (χ2v) is 23.4. The number of methoxy groups -OCH3 is 2. The fourth-order valence-electron chi connectivity index (χ4n) is 11.6. The quantitative estimate of drug-likeness (QED) is 0.160. The zero-order chi connectivity index (χ0) is 52.2. The fraction of sp³-hybridized carbons (Fsp3) is 0.800. The topological polar surface area (TPSA) is 193 Å². The normalized spacial score (nSPS) is 39.6. The van der Waals surface area contributed by atoms with Crippen molar-refractivity contribution in [3.05, 3.63) is 36.0 Å². The third-order valence-electron chi connectivity index (χ3n) is 16.4. The molecule has 0 radical (unpaired) electrons. The number of nitrogens with zero attached hydrogens (tertiary/aromatic N) is 3. The highest BCUT2D eigenvalue weighted by atomic mass is 32.2. The number of hydrogen-bond acceptors (Lipinski definition) is 13. The van der Waals surface area contributed by atoms with Gasteiger partial charge < -0.3 is 49.0 Å². The largest absolute Gasteiger partial charge is 0.461 e. The number of aliphatic hydroxyl groups excluding tert-OH is 2. The first-order chi connectivity index (χ1) is 33.7. The number of rotatable bonds is 8. The molecule has 402 valence electrons. The number of esters is 1. The Balaban J connectivity index is 1.45. The summed E-state index contributed by atoms with van der Waals surface area (Å²) in [5, 5.41) is 34.2. The first-order valence-corrected chi connectivity index (χ1v) is 27.8. The van der Waals surface area contributed by atoms with Crippen molar-refractivity contribution in [2.24, 2.45) is 41.4 Å². The van der Waals surface area contributed by atoms with E-state index in [0.29, 0.717) is 96.0 Å². The Bertz CT molecular complexity index is 1880. The van der Waals surface area contributed by atoms with Crippen LogP contribution >= 0.6 is 11.8 Å². The number of hydrogen-bond donors (Lipinski definition) is 3. The van der Waals surface area contributed by atoms with Gasteiger partial charge in [-0.05, 0) is 126 Å². The van der Waals surface area contributed by atoms with Gasteiger partial charge in [-0.15, -0.1) is 11.8 Å². The molecule has 2 bridgehead atoms. The highest BCUT2D eigenvalue weighted by Crippen LogP contribution is 2.39. The second-order valence-electron chi connectivity index (χ2n) is 22.2. The molecule has 1 aliphatic carbocycles. The molecule has 2 unspecified atom stereocenters. The van der Waals surface area contributed by atoms with Crippen LogP contribution in [-0.4, -0.2) is 160 Å². The molecule has 3 amide bonds. The fourth-order valence-corrected chi connectivity index (χ4v) is 12.9. The van der Waals surface area contributed by atoms with E-state index in [1.807, 2.05) is 51.2 Å². The van der Waals surface area contributed by atoms with Crippen molar-refractivity contribution >= 4 is 41.2 Å². The molecule has 71 heavy (non-hydrogen) atoms. The Kier molecular flexibility index (Phi) is 22.7. The van der Waals surface area contributed by atoms with Crippen LogP contribution in [-0.2, 0) is 38.1 Å². The molecule has 3 N–H and O–H groups in total. The summed E-state index contributed by atoms with van der Waals surface area (Å²) in [6.45, 7) is 15.2. The smallest absolute Gasteiger partial charge is 0.329 e. The minimum absolute atomic E-state index is 0.0439. The van der Waals surface area contributed by atoms with Crippen LogP contribution in [0.2, 0.25) is 0 Å². The van der Waals surface area contributed by atoms with Gasteiger partial charge in [0.1, 0.15) is 18.2 Å². The number of fused-ring (bicyclic) bond motifs is 3. The standard InChI is InChI=1S/C55H89N3O12S/c1-34-16-12-11-13-17-36(3)47(71-33-57-27-26-56(8)54(57)65)32-42-22-20-40(7)55(66,70-42)51(62)52(63)58-25-15-14-18-43(58)53(64)69-45(37(4)30-41-21-23-44(59)46(31-41)67-9)24-19-35(2)29-39(6)49(61)50(68-10)48(60)38(5)28-34/h11-13,16-17,34-35,37-47,49-50,59,61,66H,14-15,18-33H2,1-10H3/b13-11+,16-12+,36-17+/t34-,35+,37-,38-,39?,40-,41+,42+,43+,44-,45+,46-,47?,49-,50+,55-/m1/s1. The first-order valence-electron chi connectivity index (χ1n) is 26.7. The van der Waals surface area contributed by atoms with Crippen molar-refractivity contribution in [3.8, 4) is 0 Å². The Hall–Kier alpha value is -3.12. The van der Waals surface area contributed by atoms with E-state index < -0.39 is 65.9 Å². The van der Waals surface area contributed by atoms with Gasteiger partial charge in [-0.2, -0.15) is 0 Å². The third-order valence-corrected chi connectivity index (χ3v) is 17.8. The number of carbonyl (C=O) groups is 5. The molecule has 5 aliphatic rings. The van der Waals surface area contributed by atoms with Gasteiger partial charge in [-0.3, -0.25) is 14.4 Å². The number of urea groups is 1. The van der Waals surface area contributed by atoms with Crippen molar-refractivity contribution in [1.29, 1.82) is 0 Å². The van der Waals surface area contributed by atoms with Gasteiger partial charge in [0.15, 0.2) is 5.78 Å². The molecule has 4 fully saturated rings. The van der Waals surface area contributed by atoms with E-state index in [1.165, 1.54) is 12.0 Å². The number of likely N-dealkylation sites (N-methyl/N-ethyl adjacent to an activating group) is 1. The van der Waals surface area contributed by atoms with Crippen LogP contribution < -0.4 is 0 Å². The van der Waals surface area contributed by atoms with Crippen LogP contribution in [0, 0.1) is 41.4 Å². The average Bonchev–Trinajstić information content (AvgIpc) is 3.67. The van der Waals surface area contributed by atoms with Crippen molar-refractivity contribution in [2.75, 3.05) is 46.8 Å². The minimum atomic E-state index is -2.41. The van der Waals surface area contributed by atoms with Crippen molar-refractivity contribution in [1.82, 2.24) is 14.7 Å². The van der Waals surface area contributed by atoms with Gasteiger partial charge in [-0.25, -0.2) is 9.59 Å². The number of allylic oxidation sites excluding steroid dienone is 5. The maximum absolute atomic E-state index is 14.5. The lowest BCUT2D eigenvalue weighted by Crippen LogP contribution is -2.60. The maximum Gasteiger partial charge on any atom is 0.329 e. The highest BCUT2D eigenvalue weighted by molar-refractivity contribution is 8.00. The third kappa shape index (κ3) is 15.7. The molecule has 0 aromatic carbocycles. The van der Waals surface area contributed by atoms with E-state index in [0.717, 1.165) is 18.4 Å². The number of carbonyl (C=O) groups excluding carboxylic acids is 5. The molecule has 1 saturated carbocycles. The molecule has 16 atom stereocenters. The second kappa shape index (κ2) is 27.4. The van der Waals surface area contributed by atoms with E-state index in [1.54, 1.807) is 42.6 Å². The number of ketones is 2. The molecule has 0 spiro atoms. The summed E-state index contributed by atoms with van der Waals surface area (Å²) < 4.78 is 24.2. The van der Waals surface area contributed by atoms with Gasteiger partial charge >= 0.3 is 12.0 Å². The van der Waals surface area contributed by atoms with Crippen molar-refractivity contribution in [3.63, 3.8) is 0 Å². The Morgan fingerprint density at radius 1 is 0.845 bits per heavy atom. The highest BCUT2D eigenvalue weighted by Gasteiger charge is 2.53. The van der Waals surface area contributed by atoms with Gasteiger partial charge in [0, 0.05) is 58.0 Å². The summed E-state index contributed by atoms with van der Waals surface area (Å²) >= 11 is 1.59. The lowest BCUT2D eigenvalue weighted by atomic mass is 9.78. The zero-order valence-electron chi connectivity index (χ0n) is 44.5. The molecule has 4 aliphatic heterocycles. The van der Waals surface area contributed by atoms with Crippen LogP contribution in [0.4, 0.5) is 4.79 Å². The molecule has 15 nitrogen and oxygen atoms in total. The van der Waals surface area contributed by atoms with E-state index in [-0.39, 0.29) is 65.2 Å². The summed E-state index contributed by atoms with van der Waals surface area (Å²) in [5.41, 5.74) is 0.996. The number of cyclic esters (lactones) is 1. The van der Waals surface area contributed by atoms with Crippen LogP contribution in [0.15, 0.2) is 36.0 Å². The average molecular weight is 1020 g/mol. The molecular weight excluding hydrogens is 927 g/mol.